The van der Waals surface area contributed by atoms with Crippen LogP contribution in [0.4, 0.5) is 10.6 Å². The third kappa shape index (κ3) is 2.42. The van der Waals surface area contributed by atoms with E-state index < -0.39 is 0 Å². The normalized spacial score (nSPS) is 28.2. The molecule has 0 saturated carbocycles. The number of carbonyl (C=O) groups excluding carboxylic acids is 1. The van der Waals surface area contributed by atoms with Crippen LogP contribution in [0.3, 0.4) is 0 Å². The Bertz CT molecular complexity index is 570. The van der Waals surface area contributed by atoms with E-state index in [1.807, 2.05) is 6.07 Å². The Kier molecular flexibility index (Phi) is 3.34. The lowest BCUT2D eigenvalue weighted by Crippen LogP contribution is -2.55. The topological polar surface area (TPSA) is 76.6 Å². The number of hydrogen-bond donors (Lipinski definition) is 1. The van der Waals surface area contributed by atoms with Crippen LogP contribution in [-0.4, -0.2) is 54.4 Å². The molecule has 0 radical (unpaired) electrons. The van der Waals surface area contributed by atoms with Crippen molar-refractivity contribution in [2.24, 2.45) is 5.92 Å². The molecular formula is C13H16N4O3S. The fourth-order valence-electron chi connectivity index (χ4n) is 2.90. The summed E-state index contributed by atoms with van der Waals surface area (Å²) in [6.45, 7) is 2.99. The van der Waals surface area contributed by atoms with Crippen LogP contribution in [0.15, 0.2) is 11.0 Å². The monoisotopic (exact) mass is 308 g/mol. The van der Waals surface area contributed by atoms with Gasteiger partial charge in [-0.05, 0) is 13.0 Å². The molecule has 1 aromatic rings. The smallest absolute Gasteiger partial charge is 0.415 e. The van der Waals surface area contributed by atoms with Crippen molar-refractivity contribution < 1.29 is 14.3 Å². The Morgan fingerprint density at radius 1 is 1.43 bits per heavy atom. The molecule has 0 aliphatic carbocycles. The molecule has 21 heavy (non-hydrogen) atoms. The first kappa shape index (κ1) is 13.1. The van der Waals surface area contributed by atoms with E-state index in [1.54, 1.807) is 16.7 Å². The maximum absolute atomic E-state index is 12.2. The molecule has 2 unspecified atom stereocenters. The van der Waals surface area contributed by atoms with Crippen molar-refractivity contribution in [2.45, 2.75) is 17.4 Å². The second-order valence-electron chi connectivity index (χ2n) is 5.35. The lowest BCUT2D eigenvalue weighted by molar-refractivity contribution is 0.0326. The second kappa shape index (κ2) is 5.34. The van der Waals surface area contributed by atoms with Gasteiger partial charge in [-0.25, -0.2) is 4.79 Å². The average Bonchev–Trinajstić information content (AvgIpc) is 2.54. The number of thioether (sulfide) groups is 1. The van der Waals surface area contributed by atoms with Gasteiger partial charge in [0.2, 0.25) is 5.88 Å². The Hall–Kier alpha value is -1.54. The molecule has 0 bridgehead atoms. The molecule has 0 spiro atoms. The maximum atomic E-state index is 12.2. The van der Waals surface area contributed by atoms with Gasteiger partial charge in [0.25, 0.3) is 0 Å². The SMILES string of the molecule is O=C1OC2CNCCC2CN1c1cc2c(nn1)OCCS2. The number of anilines is 1. The molecule has 0 aromatic carbocycles. The first-order chi connectivity index (χ1) is 10.3. The van der Waals surface area contributed by atoms with E-state index in [0.29, 0.717) is 30.8 Å². The highest BCUT2D eigenvalue weighted by Crippen LogP contribution is 2.34. The largest absolute Gasteiger partial charge is 0.475 e. The molecule has 4 heterocycles. The summed E-state index contributed by atoms with van der Waals surface area (Å²) in [5.41, 5.74) is 0. The third-order valence-electron chi connectivity index (χ3n) is 4.02. The molecular weight excluding hydrogens is 292 g/mol. The first-order valence-corrected chi connectivity index (χ1v) is 8.12. The van der Waals surface area contributed by atoms with Crippen LogP contribution < -0.4 is 15.0 Å². The maximum Gasteiger partial charge on any atom is 0.415 e. The number of amides is 1. The summed E-state index contributed by atoms with van der Waals surface area (Å²) >= 11 is 1.67. The van der Waals surface area contributed by atoms with Crippen molar-refractivity contribution in [3.8, 4) is 5.88 Å². The summed E-state index contributed by atoms with van der Waals surface area (Å²) in [6.07, 6.45) is 0.645. The molecule has 1 aromatic heterocycles. The summed E-state index contributed by atoms with van der Waals surface area (Å²) in [6, 6.07) is 1.87. The van der Waals surface area contributed by atoms with Gasteiger partial charge in [-0.1, -0.05) is 0 Å². The highest BCUT2D eigenvalue weighted by Gasteiger charge is 2.38. The minimum absolute atomic E-state index is 0.0224. The molecule has 4 rings (SSSR count). The van der Waals surface area contributed by atoms with Gasteiger partial charge in [0.05, 0.1) is 11.5 Å². The zero-order chi connectivity index (χ0) is 14.2. The number of rotatable bonds is 1. The zero-order valence-electron chi connectivity index (χ0n) is 11.4. The molecule has 2 saturated heterocycles. The molecule has 3 aliphatic rings. The van der Waals surface area contributed by atoms with Crippen molar-refractivity contribution in [3.05, 3.63) is 6.07 Å². The molecule has 1 N–H and O–H groups in total. The van der Waals surface area contributed by atoms with Gasteiger partial charge < -0.3 is 14.8 Å². The minimum atomic E-state index is -0.337. The Morgan fingerprint density at radius 2 is 2.38 bits per heavy atom. The van der Waals surface area contributed by atoms with Crippen LogP contribution in [0.5, 0.6) is 5.88 Å². The number of hydrogen-bond acceptors (Lipinski definition) is 7. The highest BCUT2D eigenvalue weighted by molar-refractivity contribution is 7.99. The van der Waals surface area contributed by atoms with Gasteiger partial charge in [-0.15, -0.1) is 22.0 Å². The van der Waals surface area contributed by atoms with Gasteiger partial charge in [-0.2, -0.15) is 0 Å². The summed E-state index contributed by atoms with van der Waals surface area (Å²) in [5.74, 6) is 2.35. The van der Waals surface area contributed by atoms with Crippen molar-refractivity contribution in [2.75, 3.05) is 36.9 Å². The van der Waals surface area contributed by atoms with E-state index in [-0.39, 0.29) is 12.2 Å². The average molecular weight is 308 g/mol. The van der Waals surface area contributed by atoms with Crippen LogP contribution in [-0.2, 0) is 4.74 Å². The zero-order valence-corrected chi connectivity index (χ0v) is 12.3. The standard InChI is InChI=1S/C13H16N4O3S/c18-13-17(7-8-1-2-14-6-9(8)20-13)11-5-10-12(16-15-11)19-3-4-21-10/h5,8-9,14H,1-4,6-7H2. The Labute approximate surface area is 126 Å². The van der Waals surface area contributed by atoms with E-state index in [1.165, 1.54) is 0 Å². The molecule has 3 aliphatic heterocycles. The van der Waals surface area contributed by atoms with Gasteiger partial charge >= 0.3 is 6.09 Å². The first-order valence-electron chi connectivity index (χ1n) is 7.13. The van der Waals surface area contributed by atoms with Crippen molar-refractivity contribution in [3.63, 3.8) is 0 Å². The number of ether oxygens (including phenoxy) is 2. The van der Waals surface area contributed by atoms with E-state index >= 15 is 0 Å². The third-order valence-corrected chi connectivity index (χ3v) is 5.00. The van der Waals surface area contributed by atoms with Crippen LogP contribution >= 0.6 is 11.8 Å². The predicted molar refractivity (Wildman–Crippen MR) is 76.8 cm³/mol. The Balaban J connectivity index is 1.59. The number of fused-ring (bicyclic) bond motifs is 2. The highest BCUT2D eigenvalue weighted by atomic mass is 32.2. The molecule has 2 fully saturated rings. The molecule has 8 heteroatoms. The van der Waals surface area contributed by atoms with Gasteiger partial charge in [-0.3, -0.25) is 4.90 Å². The van der Waals surface area contributed by atoms with Gasteiger partial charge in [0.15, 0.2) is 5.82 Å². The van der Waals surface area contributed by atoms with E-state index in [4.69, 9.17) is 9.47 Å². The quantitative estimate of drug-likeness (QED) is 0.826. The van der Waals surface area contributed by atoms with Gasteiger partial charge in [0, 0.05) is 30.8 Å². The summed E-state index contributed by atoms with van der Waals surface area (Å²) in [7, 11) is 0. The number of aromatic nitrogens is 2. The predicted octanol–water partition coefficient (Wildman–Crippen LogP) is 0.896. The second-order valence-corrected chi connectivity index (χ2v) is 6.49. The van der Waals surface area contributed by atoms with Crippen molar-refractivity contribution in [1.82, 2.24) is 15.5 Å². The van der Waals surface area contributed by atoms with E-state index in [2.05, 4.69) is 15.5 Å². The summed E-state index contributed by atoms with van der Waals surface area (Å²) < 4.78 is 11.0. The lowest BCUT2D eigenvalue weighted by Gasteiger charge is -2.40. The van der Waals surface area contributed by atoms with E-state index in [9.17, 15) is 4.79 Å². The summed E-state index contributed by atoms with van der Waals surface area (Å²) in [5, 5.41) is 11.5. The fraction of sp³-hybridized carbons (Fsp3) is 0.615. The fourth-order valence-corrected chi connectivity index (χ4v) is 3.70. The molecule has 7 nitrogen and oxygen atoms in total. The molecule has 112 valence electrons. The summed E-state index contributed by atoms with van der Waals surface area (Å²) in [4.78, 5) is 14.7. The van der Waals surface area contributed by atoms with E-state index in [0.717, 1.165) is 30.2 Å². The van der Waals surface area contributed by atoms with Crippen LogP contribution in [0.25, 0.3) is 0 Å². The van der Waals surface area contributed by atoms with Crippen LogP contribution in [0.2, 0.25) is 0 Å². The number of nitrogens with zero attached hydrogens (tertiary/aromatic N) is 3. The molecule has 2 atom stereocenters. The van der Waals surface area contributed by atoms with Gasteiger partial charge in [0.1, 0.15) is 6.10 Å². The van der Waals surface area contributed by atoms with Crippen LogP contribution in [0.1, 0.15) is 6.42 Å². The van der Waals surface area contributed by atoms with Crippen LogP contribution in [0, 0.1) is 5.92 Å². The number of carbonyl (C=O) groups is 1. The van der Waals surface area contributed by atoms with Crippen molar-refractivity contribution >= 4 is 23.7 Å². The number of nitrogens with one attached hydrogen (secondary N) is 1. The molecule has 1 amide bonds. The lowest BCUT2D eigenvalue weighted by atomic mass is 9.93. The Morgan fingerprint density at radius 3 is 3.33 bits per heavy atom. The minimum Gasteiger partial charge on any atom is -0.475 e. The number of piperidine rings is 1. The van der Waals surface area contributed by atoms with Crippen molar-refractivity contribution in [1.29, 1.82) is 0 Å².